The van der Waals surface area contributed by atoms with Gasteiger partial charge in [0.25, 0.3) is 17.7 Å². The summed E-state index contributed by atoms with van der Waals surface area (Å²) in [6.45, 7) is -0.167. The smallest absolute Gasteiger partial charge is 0.275 e. The normalized spacial score (nSPS) is 15.7. The number of amides is 6. The van der Waals surface area contributed by atoms with E-state index in [2.05, 4.69) is 10.7 Å². The molecule has 1 saturated heterocycles. The summed E-state index contributed by atoms with van der Waals surface area (Å²) in [7, 11) is 0. The summed E-state index contributed by atoms with van der Waals surface area (Å²) in [5, 5.41) is 2.94. The van der Waals surface area contributed by atoms with Crippen LogP contribution < -0.4 is 10.7 Å². The van der Waals surface area contributed by atoms with Crippen LogP contribution >= 0.6 is 0 Å². The first-order valence-corrected chi connectivity index (χ1v) is 8.40. The zero-order valence-corrected chi connectivity index (χ0v) is 14.5. The van der Waals surface area contributed by atoms with E-state index in [1.54, 1.807) is 36.4 Å². The van der Waals surface area contributed by atoms with Crippen LogP contribution in [0, 0.1) is 0 Å². The first-order valence-electron chi connectivity index (χ1n) is 8.40. The molecule has 2 aromatic carbocycles. The van der Waals surface area contributed by atoms with Crippen molar-refractivity contribution in [3.8, 4) is 0 Å². The van der Waals surface area contributed by atoms with E-state index in [9.17, 15) is 24.0 Å². The Bertz CT molecular complexity index is 996. The number of nitrogens with one attached hydrogen (secondary N) is 2. The predicted molar refractivity (Wildman–Crippen MR) is 94.8 cm³/mol. The molecule has 6 amide bonds. The zero-order chi connectivity index (χ0) is 19.8. The molecule has 2 aliphatic heterocycles. The van der Waals surface area contributed by atoms with Gasteiger partial charge in [0.2, 0.25) is 5.91 Å². The van der Waals surface area contributed by atoms with Gasteiger partial charge < -0.3 is 0 Å². The molecule has 9 nitrogen and oxygen atoms in total. The zero-order valence-electron chi connectivity index (χ0n) is 14.5. The second-order valence-electron chi connectivity index (χ2n) is 6.32. The average Bonchev–Trinajstić information content (AvgIpc) is 3.13. The van der Waals surface area contributed by atoms with Gasteiger partial charge in [-0.15, -0.1) is 0 Å². The van der Waals surface area contributed by atoms with E-state index < -0.39 is 17.8 Å². The Morgan fingerprint density at radius 1 is 0.929 bits per heavy atom. The number of hydrazine groups is 1. The number of nitrogens with zero attached hydrogens (tertiary/aromatic N) is 2. The number of carbonyl (C=O) groups is 5. The molecule has 0 spiro atoms. The summed E-state index contributed by atoms with van der Waals surface area (Å²) in [5.41, 5.74) is 4.02. The maximum Gasteiger partial charge on any atom is 0.343 e. The lowest BCUT2D eigenvalue weighted by Crippen LogP contribution is -2.44. The van der Waals surface area contributed by atoms with Crippen LogP contribution in [0.25, 0.3) is 0 Å². The van der Waals surface area contributed by atoms with Crippen molar-refractivity contribution >= 4 is 29.7 Å². The predicted octanol–water partition coefficient (Wildman–Crippen LogP) is 0.679. The molecule has 2 heterocycles. The van der Waals surface area contributed by atoms with E-state index in [-0.39, 0.29) is 30.5 Å². The Morgan fingerprint density at radius 2 is 1.54 bits per heavy atom. The Morgan fingerprint density at radius 3 is 2.07 bits per heavy atom. The number of benzene rings is 2. The fraction of sp³-hybridized carbons (Fsp3) is 0.105. The van der Waals surface area contributed by atoms with Gasteiger partial charge in [-0.3, -0.25) is 34.8 Å². The topological polar surface area (TPSA) is 116 Å². The Hall–Kier alpha value is -4.01. The van der Waals surface area contributed by atoms with Crippen molar-refractivity contribution in [1.29, 1.82) is 0 Å². The maximum atomic E-state index is 12.4. The molecule has 140 valence electrons. The largest absolute Gasteiger partial charge is 0.343 e. The third kappa shape index (κ3) is 2.98. The molecule has 0 unspecified atom stereocenters. The molecule has 0 aliphatic carbocycles. The average molecular weight is 378 g/mol. The Balaban J connectivity index is 1.44. The van der Waals surface area contributed by atoms with Crippen LogP contribution in [0.2, 0.25) is 0 Å². The summed E-state index contributed by atoms with van der Waals surface area (Å²) in [4.78, 5) is 60.8. The van der Waals surface area contributed by atoms with E-state index in [1.807, 2.05) is 0 Å². The minimum Gasteiger partial charge on any atom is -0.275 e. The molecule has 0 atom stereocenters. The number of imide groups is 2. The summed E-state index contributed by atoms with van der Waals surface area (Å²) in [6.07, 6.45) is 0. The van der Waals surface area contributed by atoms with E-state index in [4.69, 9.17) is 0 Å². The van der Waals surface area contributed by atoms with Crippen LogP contribution in [-0.2, 0) is 11.3 Å². The molecular weight excluding hydrogens is 364 g/mol. The van der Waals surface area contributed by atoms with Crippen molar-refractivity contribution in [3.05, 3.63) is 70.8 Å². The third-order valence-electron chi connectivity index (χ3n) is 4.46. The summed E-state index contributed by atoms with van der Waals surface area (Å²) < 4.78 is 0. The molecule has 28 heavy (non-hydrogen) atoms. The Kier molecular flexibility index (Phi) is 4.11. The molecule has 0 bridgehead atoms. The fourth-order valence-corrected chi connectivity index (χ4v) is 3.05. The second kappa shape index (κ2) is 6.62. The highest BCUT2D eigenvalue weighted by Gasteiger charge is 2.35. The first-order chi connectivity index (χ1) is 13.4. The third-order valence-corrected chi connectivity index (χ3v) is 4.46. The highest BCUT2D eigenvalue weighted by Crippen LogP contribution is 2.24. The SMILES string of the molecule is O=C1CN(NC(=O)c2ccc(CN3C(=O)c4ccccc4C3=O)cc2)C(=O)N1. The summed E-state index contributed by atoms with van der Waals surface area (Å²) in [5.74, 6) is -1.77. The minimum absolute atomic E-state index is 0.0806. The van der Waals surface area contributed by atoms with Crippen molar-refractivity contribution in [2.75, 3.05) is 6.54 Å². The van der Waals surface area contributed by atoms with Gasteiger partial charge in [-0.2, -0.15) is 0 Å². The maximum absolute atomic E-state index is 12.4. The van der Waals surface area contributed by atoms with Crippen LogP contribution in [0.3, 0.4) is 0 Å². The molecular formula is C19H14N4O5. The Labute approximate surface area is 158 Å². The van der Waals surface area contributed by atoms with Crippen LogP contribution in [0.5, 0.6) is 0 Å². The van der Waals surface area contributed by atoms with Gasteiger partial charge in [-0.05, 0) is 29.8 Å². The van der Waals surface area contributed by atoms with Gasteiger partial charge >= 0.3 is 6.03 Å². The van der Waals surface area contributed by atoms with Gasteiger partial charge in [0.15, 0.2) is 0 Å². The highest BCUT2D eigenvalue weighted by atomic mass is 16.2. The van der Waals surface area contributed by atoms with Gasteiger partial charge in [-0.25, -0.2) is 9.80 Å². The number of urea groups is 1. The monoisotopic (exact) mass is 378 g/mol. The number of fused-ring (bicyclic) bond motifs is 1. The quantitative estimate of drug-likeness (QED) is 0.600. The number of hydrogen-bond donors (Lipinski definition) is 2. The van der Waals surface area contributed by atoms with Crippen LogP contribution in [0.15, 0.2) is 48.5 Å². The molecule has 4 rings (SSSR count). The summed E-state index contributed by atoms with van der Waals surface area (Å²) >= 11 is 0. The molecule has 2 aliphatic rings. The summed E-state index contributed by atoms with van der Waals surface area (Å²) in [6, 6.07) is 12.2. The molecule has 1 fully saturated rings. The van der Waals surface area contributed by atoms with Crippen molar-refractivity contribution < 1.29 is 24.0 Å². The number of rotatable bonds is 4. The van der Waals surface area contributed by atoms with Crippen LogP contribution in [0.1, 0.15) is 36.6 Å². The number of carbonyl (C=O) groups excluding carboxylic acids is 5. The lowest BCUT2D eigenvalue weighted by atomic mass is 10.1. The standard InChI is InChI=1S/C19H14N4O5/c24-15-10-23(19(28)20-15)21-16(25)12-7-5-11(6-8-12)9-22-17(26)13-3-1-2-4-14(13)18(22)27/h1-8H,9-10H2,(H,21,25)(H,20,24,28). The number of hydrogen-bond acceptors (Lipinski definition) is 5. The van der Waals surface area contributed by atoms with Crippen molar-refractivity contribution in [3.63, 3.8) is 0 Å². The van der Waals surface area contributed by atoms with Crippen molar-refractivity contribution in [2.24, 2.45) is 0 Å². The molecule has 0 aromatic heterocycles. The minimum atomic E-state index is -0.694. The van der Waals surface area contributed by atoms with E-state index in [0.29, 0.717) is 16.7 Å². The van der Waals surface area contributed by atoms with Gasteiger partial charge in [0, 0.05) is 5.56 Å². The van der Waals surface area contributed by atoms with E-state index in [1.165, 1.54) is 12.1 Å². The lowest BCUT2D eigenvalue weighted by molar-refractivity contribution is -0.118. The molecule has 2 aromatic rings. The van der Waals surface area contributed by atoms with Gasteiger partial charge in [0.05, 0.1) is 17.7 Å². The lowest BCUT2D eigenvalue weighted by Gasteiger charge is -2.16. The van der Waals surface area contributed by atoms with E-state index in [0.717, 1.165) is 9.91 Å². The highest BCUT2D eigenvalue weighted by molar-refractivity contribution is 6.21. The first kappa shape index (κ1) is 17.4. The second-order valence-corrected chi connectivity index (χ2v) is 6.32. The van der Waals surface area contributed by atoms with E-state index >= 15 is 0 Å². The van der Waals surface area contributed by atoms with Crippen LogP contribution in [0.4, 0.5) is 4.79 Å². The molecule has 0 saturated carbocycles. The van der Waals surface area contributed by atoms with Crippen LogP contribution in [-0.4, -0.2) is 46.1 Å². The molecule has 2 N–H and O–H groups in total. The van der Waals surface area contributed by atoms with Crippen molar-refractivity contribution in [2.45, 2.75) is 6.54 Å². The fourth-order valence-electron chi connectivity index (χ4n) is 3.05. The van der Waals surface area contributed by atoms with Gasteiger partial charge in [0.1, 0.15) is 6.54 Å². The molecule has 9 heteroatoms. The molecule has 0 radical (unpaired) electrons. The van der Waals surface area contributed by atoms with Gasteiger partial charge in [-0.1, -0.05) is 24.3 Å². The van der Waals surface area contributed by atoms with Crippen molar-refractivity contribution in [1.82, 2.24) is 20.7 Å².